The monoisotopic (exact) mass is 298 g/mol. The van der Waals surface area contributed by atoms with Crippen molar-refractivity contribution in [3.63, 3.8) is 0 Å². The Morgan fingerprint density at radius 2 is 1.94 bits per heavy atom. The fourth-order valence-electron chi connectivity index (χ4n) is 1.33. The molecule has 1 unspecified atom stereocenters. The Morgan fingerprint density at radius 3 is 2.47 bits per heavy atom. The number of amides is 1. The minimum atomic E-state index is -0.0237. The average Bonchev–Trinajstić information content (AvgIpc) is 2.24. The van der Waals surface area contributed by atoms with Crippen molar-refractivity contribution in [2.45, 2.75) is 27.7 Å². The molecule has 0 spiro atoms. The molecule has 3 N–H and O–H groups in total. The van der Waals surface area contributed by atoms with Gasteiger partial charge >= 0.3 is 0 Å². The van der Waals surface area contributed by atoms with Crippen LogP contribution in [0.2, 0.25) is 0 Å². The molecular weight excluding hydrogens is 280 g/mol. The quantitative estimate of drug-likeness (QED) is 0.838. The van der Waals surface area contributed by atoms with E-state index in [9.17, 15) is 4.79 Å². The summed E-state index contributed by atoms with van der Waals surface area (Å²) in [6.45, 7) is 7.92. The molecule has 3 nitrogen and oxygen atoms in total. The van der Waals surface area contributed by atoms with Crippen LogP contribution < -0.4 is 11.1 Å². The van der Waals surface area contributed by atoms with Gasteiger partial charge in [0.2, 0.25) is 5.91 Å². The van der Waals surface area contributed by atoms with Crippen molar-refractivity contribution in [3.8, 4) is 0 Å². The van der Waals surface area contributed by atoms with E-state index < -0.39 is 0 Å². The van der Waals surface area contributed by atoms with Crippen LogP contribution >= 0.6 is 15.9 Å². The summed E-state index contributed by atoms with van der Waals surface area (Å²) >= 11 is 3.43. The van der Waals surface area contributed by atoms with E-state index in [1.165, 1.54) is 0 Å². The smallest absolute Gasteiger partial charge is 0.227 e. The van der Waals surface area contributed by atoms with E-state index in [-0.39, 0.29) is 11.8 Å². The van der Waals surface area contributed by atoms with Crippen LogP contribution in [0.5, 0.6) is 0 Å². The summed E-state index contributed by atoms with van der Waals surface area (Å²) in [5, 5.41) is 2.89. The summed E-state index contributed by atoms with van der Waals surface area (Å²) < 4.78 is 0.855. The molecule has 1 aromatic carbocycles. The third kappa shape index (κ3) is 3.46. The van der Waals surface area contributed by atoms with Gasteiger partial charge in [-0.1, -0.05) is 20.8 Å². The number of hydrogen-bond acceptors (Lipinski definition) is 2. The normalized spacial score (nSPS) is 12.6. The van der Waals surface area contributed by atoms with Gasteiger partial charge in [0, 0.05) is 16.1 Å². The third-order valence-electron chi connectivity index (χ3n) is 3.03. The van der Waals surface area contributed by atoms with Crippen LogP contribution in [0.3, 0.4) is 0 Å². The first-order chi connectivity index (χ1) is 7.82. The van der Waals surface area contributed by atoms with Gasteiger partial charge in [0.25, 0.3) is 0 Å². The molecule has 1 aromatic rings. The first-order valence-corrected chi connectivity index (χ1v) is 6.48. The van der Waals surface area contributed by atoms with Gasteiger partial charge in [-0.2, -0.15) is 0 Å². The number of aryl methyl sites for hydroxylation is 1. The van der Waals surface area contributed by atoms with Gasteiger partial charge in [-0.3, -0.25) is 4.79 Å². The third-order valence-corrected chi connectivity index (χ3v) is 3.68. The summed E-state index contributed by atoms with van der Waals surface area (Å²) in [5.74, 6) is 0.310. The van der Waals surface area contributed by atoms with Crippen molar-refractivity contribution in [3.05, 3.63) is 22.2 Å². The molecule has 0 aliphatic carbocycles. The van der Waals surface area contributed by atoms with Gasteiger partial charge in [-0.25, -0.2) is 0 Å². The predicted octanol–water partition coefficient (Wildman–Crippen LogP) is 3.57. The highest BCUT2D eigenvalue weighted by atomic mass is 79.9. The Kier molecular flexibility index (Phi) is 4.57. The Morgan fingerprint density at radius 1 is 1.35 bits per heavy atom. The van der Waals surface area contributed by atoms with E-state index in [1.54, 1.807) is 6.07 Å². The van der Waals surface area contributed by atoms with E-state index >= 15 is 0 Å². The number of nitrogens with two attached hydrogens (primary N) is 1. The number of carbonyl (C=O) groups excluding carboxylic acids is 1. The molecule has 0 bridgehead atoms. The second kappa shape index (κ2) is 5.54. The molecule has 0 fully saturated rings. The van der Waals surface area contributed by atoms with Gasteiger partial charge in [-0.15, -0.1) is 0 Å². The van der Waals surface area contributed by atoms with Crippen LogP contribution in [0.1, 0.15) is 26.3 Å². The van der Waals surface area contributed by atoms with E-state index in [1.807, 2.05) is 33.8 Å². The highest BCUT2D eigenvalue weighted by molar-refractivity contribution is 9.10. The van der Waals surface area contributed by atoms with Crippen LogP contribution in [0.25, 0.3) is 0 Å². The molecule has 0 saturated carbocycles. The molecule has 0 saturated heterocycles. The van der Waals surface area contributed by atoms with Gasteiger partial charge in [0.1, 0.15) is 0 Å². The minimum Gasteiger partial charge on any atom is -0.398 e. The fourth-order valence-corrected chi connectivity index (χ4v) is 1.89. The van der Waals surface area contributed by atoms with Gasteiger partial charge < -0.3 is 11.1 Å². The Hall–Kier alpha value is -1.03. The largest absolute Gasteiger partial charge is 0.398 e. The molecular formula is C13H19BrN2O. The van der Waals surface area contributed by atoms with Gasteiger partial charge in [0.05, 0.1) is 5.69 Å². The highest BCUT2D eigenvalue weighted by Crippen LogP contribution is 2.28. The second-order valence-corrected chi connectivity index (χ2v) is 5.56. The van der Waals surface area contributed by atoms with Crippen molar-refractivity contribution < 1.29 is 4.79 Å². The fraction of sp³-hybridized carbons (Fsp3) is 0.462. The number of halogens is 1. The molecule has 94 valence electrons. The van der Waals surface area contributed by atoms with Crippen molar-refractivity contribution >= 4 is 33.2 Å². The van der Waals surface area contributed by atoms with E-state index in [4.69, 9.17) is 5.73 Å². The summed E-state index contributed by atoms with van der Waals surface area (Å²) in [6, 6.07) is 3.69. The summed E-state index contributed by atoms with van der Waals surface area (Å²) in [5.41, 5.74) is 8.23. The minimum absolute atomic E-state index is 0.0175. The molecule has 1 rings (SSSR count). The standard InChI is InChI=1S/C13H19BrN2O/c1-7(2)9(4)13(17)16-12-6-11(15)8(3)5-10(12)14/h5-7,9H,15H2,1-4H3,(H,16,17). The number of carbonyl (C=O) groups is 1. The summed E-state index contributed by atoms with van der Waals surface area (Å²) in [4.78, 5) is 11.9. The molecule has 17 heavy (non-hydrogen) atoms. The Labute approximate surface area is 111 Å². The SMILES string of the molecule is Cc1cc(Br)c(NC(=O)C(C)C(C)C)cc1N. The zero-order valence-corrected chi connectivity index (χ0v) is 12.3. The zero-order valence-electron chi connectivity index (χ0n) is 10.7. The molecule has 1 amide bonds. The maximum atomic E-state index is 11.9. The predicted molar refractivity (Wildman–Crippen MR) is 75.9 cm³/mol. The molecule has 0 aliphatic rings. The molecule has 0 aliphatic heterocycles. The number of nitrogen functional groups attached to an aromatic ring is 1. The molecule has 0 aromatic heterocycles. The summed E-state index contributed by atoms with van der Waals surface area (Å²) in [6.07, 6.45) is 0. The second-order valence-electron chi connectivity index (χ2n) is 4.71. The average molecular weight is 299 g/mol. The lowest BCUT2D eigenvalue weighted by Crippen LogP contribution is -2.24. The number of nitrogens with one attached hydrogen (secondary N) is 1. The number of anilines is 2. The first kappa shape index (κ1) is 14.0. The molecule has 4 heteroatoms. The van der Waals surface area contributed by atoms with Crippen LogP contribution in [-0.4, -0.2) is 5.91 Å². The van der Waals surface area contributed by atoms with Crippen LogP contribution in [0, 0.1) is 18.8 Å². The van der Waals surface area contributed by atoms with Crippen molar-refractivity contribution in [2.75, 3.05) is 11.1 Å². The first-order valence-electron chi connectivity index (χ1n) is 5.69. The lowest BCUT2D eigenvalue weighted by molar-refractivity contribution is -0.120. The zero-order chi connectivity index (χ0) is 13.2. The van der Waals surface area contributed by atoms with Crippen molar-refractivity contribution in [2.24, 2.45) is 11.8 Å². The number of benzene rings is 1. The Bertz CT molecular complexity index is 430. The summed E-state index contributed by atoms with van der Waals surface area (Å²) in [7, 11) is 0. The lowest BCUT2D eigenvalue weighted by Gasteiger charge is -2.16. The van der Waals surface area contributed by atoms with Gasteiger partial charge in [0.15, 0.2) is 0 Å². The van der Waals surface area contributed by atoms with Crippen molar-refractivity contribution in [1.29, 1.82) is 0 Å². The lowest BCUT2D eigenvalue weighted by atomic mass is 9.97. The highest BCUT2D eigenvalue weighted by Gasteiger charge is 2.17. The van der Waals surface area contributed by atoms with Crippen LogP contribution in [-0.2, 0) is 4.79 Å². The van der Waals surface area contributed by atoms with Crippen LogP contribution in [0.15, 0.2) is 16.6 Å². The number of rotatable bonds is 3. The van der Waals surface area contributed by atoms with Crippen molar-refractivity contribution in [1.82, 2.24) is 0 Å². The maximum Gasteiger partial charge on any atom is 0.227 e. The van der Waals surface area contributed by atoms with E-state index in [2.05, 4.69) is 21.2 Å². The number of hydrogen-bond donors (Lipinski definition) is 2. The molecule has 1 atom stereocenters. The topological polar surface area (TPSA) is 55.1 Å². The van der Waals surface area contributed by atoms with E-state index in [0.29, 0.717) is 11.6 Å². The van der Waals surface area contributed by atoms with E-state index in [0.717, 1.165) is 15.7 Å². The van der Waals surface area contributed by atoms with Crippen LogP contribution in [0.4, 0.5) is 11.4 Å². The Balaban J connectivity index is 2.89. The maximum absolute atomic E-state index is 11.9. The molecule has 0 radical (unpaired) electrons. The van der Waals surface area contributed by atoms with Gasteiger partial charge in [-0.05, 0) is 46.5 Å². The molecule has 0 heterocycles.